The van der Waals surface area contributed by atoms with Gasteiger partial charge in [-0.15, -0.1) is 0 Å². The number of rotatable bonds is 7. The fourth-order valence-electron chi connectivity index (χ4n) is 2.86. The van der Waals surface area contributed by atoms with E-state index in [2.05, 4.69) is 0 Å². The number of hydrogen-bond donors (Lipinski definition) is 0. The van der Waals surface area contributed by atoms with Gasteiger partial charge in [-0.25, -0.2) is 0 Å². The van der Waals surface area contributed by atoms with E-state index in [4.69, 9.17) is 25.8 Å². The molecule has 0 spiro atoms. The number of cyclic esters (lactones) is 1. The molecule has 0 aromatic heterocycles. The number of esters is 1. The summed E-state index contributed by atoms with van der Waals surface area (Å²) in [5.74, 6) is -2.42. The molecule has 2 aromatic rings. The molecule has 1 heterocycles. The third-order valence-corrected chi connectivity index (χ3v) is 4.75. The Labute approximate surface area is 178 Å². The van der Waals surface area contributed by atoms with Crippen LogP contribution < -0.4 is 9.47 Å². The second-order valence-corrected chi connectivity index (χ2v) is 6.94. The molecule has 0 amide bonds. The van der Waals surface area contributed by atoms with Crippen molar-refractivity contribution in [3.05, 3.63) is 76.5 Å². The van der Waals surface area contributed by atoms with Crippen molar-refractivity contribution in [1.82, 2.24) is 0 Å². The van der Waals surface area contributed by atoms with Gasteiger partial charge in [0.1, 0.15) is 12.4 Å². The summed E-state index contributed by atoms with van der Waals surface area (Å²) in [6.45, 7) is 1.75. The molecule has 0 N–H and O–H groups in total. The molecule has 1 atom stereocenters. The maximum absolute atomic E-state index is 12.3. The summed E-state index contributed by atoms with van der Waals surface area (Å²) < 4.78 is 16.0. The van der Waals surface area contributed by atoms with E-state index >= 15 is 0 Å². The van der Waals surface area contributed by atoms with Gasteiger partial charge in [-0.05, 0) is 36.8 Å². The summed E-state index contributed by atoms with van der Waals surface area (Å²) in [5, 5.41) is 0.607. The summed E-state index contributed by atoms with van der Waals surface area (Å²) in [5.41, 5.74) is 1.47. The maximum atomic E-state index is 12.3. The SMILES string of the molecule is COc1cc(/C=C/C(=O)[C@@H]2C(=O)C=C(C)OC2=O)ccc1OCc1ccccc1Cl. The normalized spacial score (nSPS) is 16.2. The molecule has 1 aliphatic rings. The summed E-state index contributed by atoms with van der Waals surface area (Å²) in [7, 11) is 1.50. The molecule has 7 heteroatoms. The Morgan fingerprint density at radius 1 is 1.17 bits per heavy atom. The number of ketones is 2. The highest BCUT2D eigenvalue weighted by molar-refractivity contribution is 6.31. The zero-order valence-corrected chi connectivity index (χ0v) is 17.1. The summed E-state index contributed by atoms with van der Waals surface area (Å²) in [6.07, 6.45) is 3.82. The van der Waals surface area contributed by atoms with Crippen molar-refractivity contribution in [3.63, 3.8) is 0 Å². The topological polar surface area (TPSA) is 78.9 Å². The summed E-state index contributed by atoms with van der Waals surface area (Å²) in [4.78, 5) is 36.1. The maximum Gasteiger partial charge on any atom is 0.329 e. The smallest absolute Gasteiger partial charge is 0.329 e. The van der Waals surface area contributed by atoms with Crippen molar-refractivity contribution >= 4 is 35.2 Å². The van der Waals surface area contributed by atoms with Crippen LogP contribution in [0.2, 0.25) is 5.02 Å². The zero-order chi connectivity index (χ0) is 21.7. The van der Waals surface area contributed by atoms with Crippen LogP contribution in [0.4, 0.5) is 0 Å². The average Bonchev–Trinajstić information content (AvgIpc) is 2.71. The van der Waals surface area contributed by atoms with Crippen molar-refractivity contribution in [2.45, 2.75) is 13.5 Å². The molecule has 0 radical (unpaired) electrons. The monoisotopic (exact) mass is 426 g/mol. The van der Waals surface area contributed by atoms with Crippen LogP contribution >= 0.6 is 11.6 Å². The number of hydrogen-bond acceptors (Lipinski definition) is 6. The number of ether oxygens (including phenoxy) is 3. The molecule has 3 rings (SSSR count). The van der Waals surface area contributed by atoms with Gasteiger partial charge >= 0.3 is 5.97 Å². The minimum atomic E-state index is -1.47. The van der Waals surface area contributed by atoms with E-state index in [1.807, 2.05) is 18.2 Å². The van der Waals surface area contributed by atoms with Crippen LogP contribution in [0.1, 0.15) is 18.1 Å². The lowest BCUT2D eigenvalue weighted by molar-refractivity contribution is -0.151. The van der Waals surface area contributed by atoms with Gasteiger partial charge in [0.15, 0.2) is 29.0 Å². The highest BCUT2D eigenvalue weighted by atomic mass is 35.5. The highest BCUT2D eigenvalue weighted by Gasteiger charge is 2.36. The highest BCUT2D eigenvalue weighted by Crippen LogP contribution is 2.30. The molecule has 0 aliphatic carbocycles. The van der Waals surface area contributed by atoms with E-state index < -0.39 is 23.5 Å². The molecular weight excluding hydrogens is 408 g/mol. The van der Waals surface area contributed by atoms with Gasteiger partial charge in [0.25, 0.3) is 0 Å². The second kappa shape index (κ2) is 9.41. The van der Waals surface area contributed by atoms with Gasteiger partial charge in [0.05, 0.1) is 7.11 Å². The minimum Gasteiger partial charge on any atom is -0.493 e. The van der Waals surface area contributed by atoms with Crippen LogP contribution in [0.5, 0.6) is 11.5 Å². The van der Waals surface area contributed by atoms with E-state index in [9.17, 15) is 14.4 Å². The molecule has 0 fully saturated rings. The van der Waals surface area contributed by atoms with Crippen LogP contribution in [0.3, 0.4) is 0 Å². The molecule has 30 heavy (non-hydrogen) atoms. The first kappa shape index (κ1) is 21.3. The van der Waals surface area contributed by atoms with Crippen LogP contribution in [-0.4, -0.2) is 24.6 Å². The van der Waals surface area contributed by atoms with Crippen molar-refractivity contribution < 1.29 is 28.6 Å². The lowest BCUT2D eigenvalue weighted by atomic mass is 9.96. The molecule has 0 saturated heterocycles. The van der Waals surface area contributed by atoms with Crippen molar-refractivity contribution in [2.75, 3.05) is 7.11 Å². The minimum absolute atomic E-state index is 0.176. The first-order valence-electron chi connectivity index (χ1n) is 9.09. The van der Waals surface area contributed by atoms with E-state index in [-0.39, 0.29) is 12.4 Å². The Morgan fingerprint density at radius 2 is 1.93 bits per heavy atom. The molecule has 154 valence electrons. The molecule has 6 nitrogen and oxygen atoms in total. The van der Waals surface area contributed by atoms with E-state index in [1.165, 1.54) is 26.2 Å². The molecule has 1 aliphatic heterocycles. The summed E-state index contributed by atoms with van der Waals surface area (Å²) >= 11 is 6.14. The summed E-state index contributed by atoms with van der Waals surface area (Å²) in [6, 6.07) is 12.5. The van der Waals surface area contributed by atoms with Gasteiger partial charge < -0.3 is 14.2 Å². The quantitative estimate of drug-likeness (QED) is 0.376. The van der Waals surface area contributed by atoms with Gasteiger partial charge in [-0.2, -0.15) is 0 Å². The van der Waals surface area contributed by atoms with E-state index in [0.29, 0.717) is 22.1 Å². The third-order valence-electron chi connectivity index (χ3n) is 4.38. The van der Waals surface area contributed by atoms with Crippen LogP contribution in [-0.2, 0) is 25.7 Å². The molecule has 0 saturated carbocycles. The number of methoxy groups -OCH3 is 1. The van der Waals surface area contributed by atoms with Crippen molar-refractivity contribution in [3.8, 4) is 11.5 Å². The Kier molecular flexibility index (Phi) is 6.69. The van der Waals surface area contributed by atoms with Gasteiger partial charge in [0.2, 0.25) is 0 Å². The van der Waals surface area contributed by atoms with Crippen molar-refractivity contribution in [2.24, 2.45) is 5.92 Å². The Morgan fingerprint density at radius 3 is 2.63 bits per heavy atom. The molecule has 2 aromatic carbocycles. The Balaban J connectivity index is 1.71. The lowest BCUT2D eigenvalue weighted by Gasteiger charge is -2.15. The van der Waals surface area contributed by atoms with Crippen LogP contribution in [0.25, 0.3) is 6.08 Å². The van der Waals surface area contributed by atoms with Crippen LogP contribution in [0.15, 0.2) is 60.4 Å². The molecule has 0 bridgehead atoms. The van der Waals surface area contributed by atoms with Gasteiger partial charge in [-0.3, -0.25) is 14.4 Å². The van der Waals surface area contributed by atoms with Gasteiger partial charge in [0, 0.05) is 16.7 Å². The number of carbonyl (C=O) groups is 3. The predicted octanol–water partition coefficient (Wildman–Crippen LogP) is 4.16. The number of allylic oxidation sites excluding steroid dienone is 3. The van der Waals surface area contributed by atoms with Crippen LogP contribution in [0, 0.1) is 5.92 Å². The number of benzene rings is 2. The largest absolute Gasteiger partial charge is 0.493 e. The van der Waals surface area contributed by atoms with E-state index in [1.54, 1.807) is 24.3 Å². The zero-order valence-electron chi connectivity index (χ0n) is 16.4. The Hall–Kier alpha value is -3.38. The fourth-order valence-corrected chi connectivity index (χ4v) is 3.05. The van der Waals surface area contributed by atoms with Gasteiger partial charge in [-0.1, -0.05) is 41.9 Å². The van der Waals surface area contributed by atoms with E-state index in [0.717, 1.165) is 11.6 Å². The first-order valence-corrected chi connectivity index (χ1v) is 9.47. The first-order chi connectivity index (χ1) is 14.4. The molecule has 0 unspecified atom stereocenters. The third kappa shape index (κ3) is 4.96. The fraction of sp³-hybridized carbons (Fsp3) is 0.174. The Bertz CT molecular complexity index is 1050. The lowest BCUT2D eigenvalue weighted by Crippen LogP contribution is -2.34. The number of halogens is 1. The standard InChI is InChI=1S/C23H19ClO6/c1-14-11-19(26)22(23(27)30-14)18(25)9-7-15-8-10-20(21(12-15)28-2)29-13-16-5-3-4-6-17(16)24/h3-12,22H,13H2,1-2H3/b9-7+/t22-/m1/s1. The van der Waals surface area contributed by atoms with Crippen molar-refractivity contribution in [1.29, 1.82) is 0 Å². The second-order valence-electron chi connectivity index (χ2n) is 6.54. The average molecular weight is 427 g/mol. The predicted molar refractivity (Wildman–Crippen MR) is 111 cm³/mol. The number of carbonyl (C=O) groups excluding carboxylic acids is 3. The molecular formula is C23H19ClO6.